The van der Waals surface area contributed by atoms with Gasteiger partial charge >= 0.3 is 0 Å². The number of fused-ring (bicyclic) bond motifs is 1. The van der Waals surface area contributed by atoms with Crippen LogP contribution < -0.4 is 16.0 Å². The summed E-state index contributed by atoms with van der Waals surface area (Å²) >= 11 is 6.03. The number of hydrogen-bond acceptors (Lipinski definition) is 3. The molecule has 3 rings (SSSR count). The highest BCUT2D eigenvalue weighted by atomic mass is 35.5. The van der Waals surface area contributed by atoms with Crippen molar-refractivity contribution in [3.05, 3.63) is 58.6 Å². The van der Waals surface area contributed by atoms with Crippen molar-refractivity contribution in [2.24, 2.45) is 5.92 Å². The van der Waals surface area contributed by atoms with Gasteiger partial charge in [0.25, 0.3) is 0 Å². The molecule has 1 atom stereocenters. The Labute approximate surface area is 168 Å². The molecule has 0 radical (unpaired) electrons. The van der Waals surface area contributed by atoms with Crippen LogP contribution in [0, 0.1) is 12.8 Å². The summed E-state index contributed by atoms with van der Waals surface area (Å²) in [5, 5.41) is 8.76. The van der Waals surface area contributed by atoms with E-state index in [4.69, 9.17) is 11.6 Å². The van der Waals surface area contributed by atoms with Crippen LogP contribution in [0.3, 0.4) is 0 Å². The lowest BCUT2D eigenvalue weighted by atomic mass is 9.89. The van der Waals surface area contributed by atoms with Gasteiger partial charge in [-0.1, -0.05) is 35.9 Å². The topological polar surface area (TPSA) is 87.3 Å². The van der Waals surface area contributed by atoms with E-state index in [0.717, 1.165) is 16.8 Å². The molecule has 1 aliphatic heterocycles. The fourth-order valence-electron chi connectivity index (χ4n) is 3.16. The van der Waals surface area contributed by atoms with Gasteiger partial charge in [-0.3, -0.25) is 14.4 Å². The van der Waals surface area contributed by atoms with E-state index < -0.39 is 0 Å². The third-order valence-electron chi connectivity index (χ3n) is 4.82. The molecule has 146 valence electrons. The van der Waals surface area contributed by atoms with Crippen molar-refractivity contribution >= 4 is 40.7 Å². The van der Waals surface area contributed by atoms with Gasteiger partial charge in [-0.2, -0.15) is 0 Å². The van der Waals surface area contributed by atoms with Gasteiger partial charge in [0.05, 0.1) is 6.54 Å². The highest BCUT2D eigenvalue weighted by Gasteiger charge is 2.26. The fourth-order valence-corrected chi connectivity index (χ4v) is 3.33. The van der Waals surface area contributed by atoms with Gasteiger partial charge in [0.1, 0.15) is 0 Å². The monoisotopic (exact) mass is 399 g/mol. The molecule has 1 heterocycles. The molecule has 1 aliphatic rings. The van der Waals surface area contributed by atoms with Gasteiger partial charge in [0.15, 0.2) is 0 Å². The molecular formula is C21H22ClN3O3. The van der Waals surface area contributed by atoms with E-state index in [9.17, 15) is 14.4 Å². The van der Waals surface area contributed by atoms with Crippen LogP contribution in [0.2, 0.25) is 5.02 Å². The number of benzene rings is 2. The van der Waals surface area contributed by atoms with Crippen LogP contribution in [0.1, 0.15) is 24.0 Å². The largest absolute Gasteiger partial charge is 0.347 e. The van der Waals surface area contributed by atoms with Crippen molar-refractivity contribution in [1.29, 1.82) is 0 Å². The fraction of sp³-hybridized carbons (Fsp3) is 0.286. The molecular weight excluding hydrogens is 378 g/mol. The molecule has 3 amide bonds. The molecule has 28 heavy (non-hydrogen) atoms. The molecule has 1 unspecified atom stereocenters. The summed E-state index contributed by atoms with van der Waals surface area (Å²) < 4.78 is 0. The summed E-state index contributed by atoms with van der Waals surface area (Å²) in [5.74, 6) is -0.906. The second-order valence-corrected chi connectivity index (χ2v) is 7.23. The Morgan fingerprint density at radius 2 is 1.93 bits per heavy atom. The Morgan fingerprint density at radius 1 is 1.14 bits per heavy atom. The van der Waals surface area contributed by atoms with Crippen LogP contribution in [0.4, 0.5) is 11.4 Å². The minimum absolute atomic E-state index is 0.0688. The zero-order chi connectivity index (χ0) is 20.1. The molecule has 2 aromatic rings. The van der Waals surface area contributed by atoms with Crippen molar-refractivity contribution in [3.63, 3.8) is 0 Å². The maximum atomic E-state index is 12.2. The van der Waals surface area contributed by atoms with Crippen molar-refractivity contribution < 1.29 is 14.4 Å². The number of carbonyl (C=O) groups is 3. The summed E-state index contributed by atoms with van der Waals surface area (Å²) in [4.78, 5) is 36.3. The average Bonchev–Trinajstić information content (AvgIpc) is 2.68. The maximum Gasteiger partial charge on any atom is 0.243 e. The Kier molecular flexibility index (Phi) is 6.31. The maximum absolute atomic E-state index is 12.2. The van der Waals surface area contributed by atoms with E-state index in [1.807, 2.05) is 31.2 Å². The summed E-state index contributed by atoms with van der Waals surface area (Å²) in [7, 11) is 0. The highest BCUT2D eigenvalue weighted by molar-refractivity contribution is 6.31. The van der Waals surface area contributed by atoms with E-state index in [2.05, 4.69) is 16.0 Å². The molecule has 0 saturated heterocycles. The number of anilines is 2. The second-order valence-electron chi connectivity index (χ2n) is 6.82. The van der Waals surface area contributed by atoms with Gasteiger partial charge in [0, 0.05) is 28.7 Å². The van der Waals surface area contributed by atoms with E-state index in [1.165, 1.54) is 0 Å². The van der Waals surface area contributed by atoms with Crippen LogP contribution in [-0.4, -0.2) is 24.3 Å². The number of rotatable bonds is 6. The molecule has 7 heteroatoms. The van der Waals surface area contributed by atoms with Crippen molar-refractivity contribution in [3.8, 4) is 0 Å². The minimum Gasteiger partial charge on any atom is -0.347 e. The lowest BCUT2D eigenvalue weighted by molar-refractivity contribution is -0.125. The number of carbonyl (C=O) groups excluding carboxylic acids is 3. The summed E-state index contributed by atoms with van der Waals surface area (Å²) in [6.45, 7) is 1.67. The molecule has 3 N–H and O–H groups in total. The highest BCUT2D eigenvalue weighted by Crippen LogP contribution is 2.27. The van der Waals surface area contributed by atoms with E-state index in [1.54, 1.807) is 18.2 Å². The Bertz CT molecular complexity index is 914. The molecule has 0 spiro atoms. The number of para-hydroxylation sites is 1. The Balaban J connectivity index is 1.44. The lowest BCUT2D eigenvalue weighted by Gasteiger charge is -2.24. The molecule has 0 aromatic heterocycles. The summed E-state index contributed by atoms with van der Waals surface area (Å²) in [6, 6.07) is 12.9. The standard InChI is InChI=1S/C21H22ClN3O3/c1-13-16(22)6-4-8-17(13)24-20(27)12-23-19(26)10-9-15-11-14-5-2-3-7-18(14)25-21(15)28/h2-8,15H,9-12H2,1H3,(H,23,26)(H,24,27)(H,25,28). The smallest absolute Gasteiger partial charge is 0.243 e. The van der Waals surface area contributed by atoms with Crippen LogP contribution in [0.5, 0.6) is 0 Å². The minimum atomic E-state index is -0.331. The first-order chi connectivity index (χ1) is 13.4. The van der Waals surface area contributed by atoms with Crippen molar-refractivity contribution in [2.45, 2.75) is 26.2 Å². The predicted octanol–water partition coefficient (Wildman–Crippen LogP) is 3.29. The number of hydrogen-bond donors (Lipinski definition) is 3. The van der Waals surface area contributed by atoms with E-state index in [-0.39, 0.29) is 36.6 Å². The predicted molar refractivity (Wildman–Crippen MR) is 109 cm³/mol. The van der Waals surface area contributed by atoms with Gasteiger partial charge in [-0.25, -0.2) is 0 Å². The zero-order valence-electron chi connectivity index (χ0n) is 15.5. The van der Waals surface area contributed by atoms with Crippen LogP contribution in [0.15, 0.2) is 42.5 Å². The first-order valence-electron chi connectivity index (χ1n) is 9.14. The first-order valence-corrected chi connectivity index (χ1v) is 9.52. The van der Waals surface area contributed by atoms with E-state index in [0.29, 0.717) is 23.6 Å². The molecule has 0 bridgehead atoms. The summed E-state index contributed by atoms with van der Waals surface area (Å²) in [5.41, 5.74) is 3.29. The molecule has 0 aliphatic carbocycles. The van der Waals surface area contributed by atoms with E-state index >= 15 is 0 Å². The van der Waals surface area contributed by atoms with Crippen LogP contribution in [0.25, 0.3) is 0 Å². The second kappa shape index (κ2) is 8.89. The SMILES string of the molecule is Cc1c(Cl)cccc1NC(=O)CNC(=O)CCC1Cc2ccccc2NC1=O. The first kappa shape index (κ1) is 19.9. The number of halogens is 1. The van der Waals surface area contributed by atoms with Gasteiger partial charge < -0.3 is 16.0 Å². The molecule has 0 fully saturated rings. The van der Waals surface area contributed by atoms with Gasteiger partial charge in [0.2, 0.25) is 17.7 Å². The Morgan fingerprint density at radius 3 is 2.75 bits per heavy atom. The van der Waals surface area contributed by atoms with Crippen molar-refractivity contribution in [2.75, 3.05) is 17.2 Å². The van der Waals surface area contributed by atoms with Gasteiger partial charge in [-0.05, 0) is 49.1 Å². The number of amides is 3. The van der Waals surface area contributed by atoms with Gasteiger partial charge in [-0.15, -0.1) is 0 Å². The normalized spacial score (nSPS) is 15.4. The third kappa shape index (κ3) is 4.89. The van der Waals surface area contributed by atoms with Crippen LogP contribution >= 0.6 is 11.6 Å². The molecule has 6 nitrogen and oxygen atoms in total. The third-order valence-corrected chi connectivity index (χ3v) is 5.23. The van der Waals surface area contributed by atoms with Crippen LogP contribution in [-0.2, 0) is 20.8 Å². The van der Waals surface area contributed by atoms with Crippen molar-refractivity contribution in [1.82, 2.24) is 5.32 Å². The molecule has 0 saturated carbocycles. The Hall–Kier alpha value is -2.86. The quantitative estimate of drug-likeness (QED) is 0.696. The number of nitrogens with one attached hydrogen (secondary N) is 3. The zero-order valence-corrected chi connectivity index (χ0v) is 16.3. The molecule has 2 aromatic carbocycles. The summed E-state index contributed by atoms with van der Waals surface area (Å²) in [6.07, 6.45) is 1.23. The lowest BCUT2D eigenvalue weighted by Crippen LogP contribution is -2.34. The average molecular weight is 400 g/mol.